The third-order valence-corrected chi connectivity index (χ3v) is 2.91. The lowest BCUT2D eigenvalue weighted by Crippen LogP contribution is -2.34. The predicted molar refractivity (Wildman–Crippen MR) is 88.5 cm³/mol. The van der Waals surface area contributed by atoms with Crippen LogP contribution in [0.25, 0.3) is 11.4 Å². The lowest BCUT2D eigenvalue weighted by molar-refractivity contribution is 0.0531. The number of nitrogens with zero attached hydrogens (tertiary/aromatic N) is 3. The fourth-order valence-corrected chi connectivity index (χ4v) is 1.79. The molecule has 0 aliphatic heterocycles. The number of H-pyrrole nitrogens is 1. The van der Waals surface area contributed by atoms with Gasteiger partial charge in [0.15, 0.2) is 5.82 Å². The highest BCUT2D eigenvalue weighted by molar-refractivity contribution is 5.68. The minimum absolute atomic E-state index is 0.00446. The first-order valence-corrected chi connectivity index (χ1v) is 7.59. The van der Waals surface area contributed by atoms with E-state index >= 15 is 0 Å². The van der Waals surface area contributed by atoms with Crippen molar-refractivity contribution in [1.82, 2.24) is 25.9 Å². The molecule has 134 valence electrons. The second kappa shape index (κ2) is 8.22. The van der Waals surface area contributed by atoms with Crippen molar-refractivity contribution in [2.45, 2.75) is 26.4 Å². The third-order valence-electron chi connectivity index (χ3n) is 2.91. The van der Waals surface area contributed by atoms with E-state index in [2.05, 4.69) is 25.9 Å². The smallest absolute Gasteiger partial charge is 0.407 e. The van der Waals surface area contributed by atoms with Gasteiger partial charge in [-0.05, 0) is 55.5 Å². The first-order valence-electron chi connectivity index (χ1n) is 7.59. The molecule has 9 heteroatoms. The molecular weight excluding hydrogens is 329 g/mol. The zero-order valence-electron chi connectivity index (χ0n) is 14.2. The van der Waals surface area contributed by atoms with Crippen molar-refractivity contribution in [2.24, 2.45) is 0 Å². The molecule has 0 spiro atoms. The molecule has 2 aromatic rings. The zero-order chi connectivity index (χ0) is 18.3. The van der Waals surface area contributed by atoms with E-state index in [9.17, 15) is 9.18 Å². The number of ether oxygens (including phenoxy) is 2. The standard InChI is InChI=1S/C16H20FN5O3/c1-16(2,3)25-15(23)18-9-11(8-17)10-24-13-6-4-12(5-7-13)14-19-21-22-20-14/h4-8H,9-10H2,1-3H3,(H,18,23)(H,19,20,21,22). The molecule has 1 heterocycles. The SMILES string of the molecule is CC(C)(C)OC(=O)NCC(=CF)COc1ccc(-c2nnn[nH]2)cc1. The van der Waals surface area contributed by atoms with Gasteiger partial charge in [-0.15, -0.1) is 5.10 Å². The molecule has 0 atom stereocenters. The van der Waals surface area contributed by atoms with Crippen LogP contribution in [0.3, 0.4) is 0 Å². The van der Waals surface area contributed by atoms with E-state index in [0.29, 0.717) is 17.9 Å². The monoisotopic (exact) mass is 349 g/mol. The van der Waals surface area contributed by atoms with Gasteiger partial charge in [-0.2, -0.15) is 0 Å². The molecule has 2 rings (SSSR count). The van der Waals surface area contributed by atoms with Crippen molar-refractivity contribution < 1.29 is 18.7 Å². The molecule has 1 amide bonds. The minimum Gasteiger partial charge on any atom is -0.489 e. The topological polar surface area (TPSA) is 102 Å². The second-order valence-corrected chi connectivity index (χ2v) is 6.19. The molecule has 1 aromatic heterocycles. The number of rotatable bonds is 6. The van der Waals surface area contributed by atoms with Crippen molar-refractivity contribution >= 4 is 6.09 Å². The molecule has 25 heavy (non-hydrogen) atoms. The van der Waals surface area contributed by atoms with E-state index < -0.39 is 11.7 Å². The molecule has 0 unspecified atom stereocenters. The summed E-state index contributed by atoms with van der Waals surface area (Å²) >= 11 is 0. The number of aromatic amines is 1. The van der Waals surface area contributed by atoms with E-state index in [1.54, 1.807) is 45.0 Å². The summed E-state index contributed by atoms with van der Waals surface area (Å²) in [6.45, 7) is 5.24. The number of carbonyl (C=O) groups is 1. The molecule has 8 nitrogen and oxygen atoms in total. The zero-order valence-corrected chi connectivity index (χ0v) is 14.2. The highest BCUT2D eigenvalue weighted by Crippen LogP contribution is 2.18. The van der Waals surface area contributed by atoms with Crippen LogP contribution in [0.1, 0.15) is 20.8 Å². The Morgan fingerprint density at radius 2 is 2.04 bits per heavy atom. The van der Waals surface area contributed by atoms with Crippen molar-refractivity contribution in [2.75, 3.05) is 13.2 Å². The Morgan fingerprint density at radius 1 is 1.32 bits per heavy atom. The van der Waals surface area contributed by atoms with Gasteiger partial charge in [-0.25, -0.2) is 14.3 Å². The maximum Gasteiger partial charge on any atom is 0.407 e. The molecule has 0 radical (unpaired) electrons. The van der Waals surface area contributed by atoms with Crippen molar-refractivity contribution in [1.29, 1.82) is 0 Å². The number of hydrogen-bond acceptors (Lipinski definition) is 6. The van der Waals surface area contributed by atoms with Crippen LogP contribution in [0.15, 0.2) is 36.2 Å². The molecule has 0 saturated heterocycles. The number of aromatic nitrogens is 4. The number of amides is 1. The average Bonchev–Trinajstić information content (AvgIpc) is 3.08. The Morgan fingerprint density at radius 3 is 2.60 bits per heavy atom. The Balaban J connectivity index is 1.81. The summed E-state index contributed by atoms with van der Waals surface area (Å²) in [7, 11) is 0. The Bertz CT molecular complexity index is 708. The largest absolute Gasteiger partial charge is 0.489 e. The van der Waals surface area contributed by atoms with Crippen LogP contribution in [0.5, 0.6) is 5.75 Å². The van der Waals surface area contributed by atoms with Gasteiger partial charge in [0, 0.05) is 17.7 Å². The van der Waals surface area contributed by atoms with Gasteiger partial charge >= 0.3 is 6.09 Å². The Kier molecular flexibility index (Phi) is 6.04. The lowest BCUT2D eigenvalue weighted by atomic mass is 10.2. The highest BCUT2D eigenvalue weighted by atomic mass is 19.1. The van der Waals surface area contributed by atoms with E-state index in [0.717, 1.165) is 5.56 Å². The van der Waals surface area contributed by atoms with E-state index in [-0.39, 0.29) is 18.7 Å². The molecule has 0 aliphatic carbocycles. The summed E-state index contributed by atoms with van der Waals surface area (Å²) in [5.41, 5.74) is 0.459. The Hall–Kier alpha value is -2.97. The van der Waals surface area contributed by atoms with Crippen LogP contribution in [0, 0.1) is 0 Å². The van der Waals surface area contributed by atoms with Crippen LogP contribution in [-0.2, 0) is 4.74 Å². The predicted octanol–water partition coefficient (Wildman–Crippen LogP) is 2.62. The molecule has 0 bridgehead atoms. The third kappa shape index (κ3) is 6.21. The van der Waals surface area contributed by atoms with Gasteiger partial charge in [0.05, 0.1) is 6.33 Å². The maximum atomic E-state index is 12.9. The van der Waals surface area contributed by atoms with Gasteiger partial charge in [0.1, 0.15) is 18.0 Å². The fraction of sp³-hybridized carbons (Fsp3) is 0.375. The van der Waals surface area contributed by atoms with Crippen molar-refractivity contribution in [3.8, 4) is 17.1 Å². The number of tetrazole rings is 1. The maximum absolute atomic E-state index is 12.9. The number of halogens is 1. The van der Waals surface area contributed by atoms with Crippen LogP contribution < -0.4 is 10.1 Å². The second-order valence-electron chi connectivity index (χ2n) is 6.19. The molecule has 0 fully saturated rings. The Labute approximate surface area is 144 Å². The van der Waals surface area contributed by atoms with Gasteiger partial charge in [0.2, 0.25) is 0 Å². The molecular formula is C16H20FN5O3. The first-order chi connectivity index (χ1) is 11.9. The lowest BCUT2D eigenvalue weighted by Gasteiger charge is -2.20. The number of benzene rings is 1. The van der Waals surface area contributed by atoms with Gasteiger partial charge in [-0.3, -0.25) is 0 Å². The van der Waals surface area contributed by atoms with Crippen LogP contribution in [0.2, 0.25) is 0 Å². The summed E-state index contributed by atoms with van der Waals surface area (Å²) in [6.07, 6.45) is -0.205. The van der Waals surface area contributed by atoms with Crippen LogP contribution in [-0.4, -0.2) is 45.5 Å². The summed E-state index contributed by atoms with van der Waals surface area (Å²) < 4.78 is 23.5. The van der Waals surface area contributed by atoms with E-state index in [1.165, 1.54) is 0 Å². The first kappa shape index (κ1) is 18.4. The minimum atomic E-state index is -0.614. The van der Waals surface area contributed by atoms with Gasteiger partial charge < -0.3 is 14.8 Å². The molecule has 0 aliphatic rings. The molecule has 0 saturated carbocycles. The fourth-order valence-electron chi connectivity index (χ4n) is 1.79. The molecule has 2 N–H and O–H groups in total. The van der Waals surface area contributed by atoms with Crippen LogP contribution >= 0.6 is 0 Å². The van der Waals surface area contributed by atoms with Crippen molar-refractivity contribution in [3.63, 3.8) is 0 Å². The summed E-state index contributed by atoms with van der Waals surface area (Å²) in [4.78, 5) is 11.6. The number of hydrogen-bond donors (Lipinski definition) is 2. The summed E-state index contributed by atoms with van der Waals surface area (Å²) in [5, 5.41) is 15.9. The number of nitrogens with one attached hydrogen (secondary N) is 2. The van der Waals surface area contributed by atoms with Gasteiger partial charge in [0.25, 0.3) is 0 Å². The summed E-state index contributed by atoms with van der Waals surface area (Å²) in [6, 6.07) is 6.98. The van der Waals surface area contributed by atoms with Gasteiger partial charge in [-0.1, -0.05) is 0 Å². The number of alkyl carbamates (subject to hydrolysis) is 1. The molecule has 1 aromatic carbocycles. The number of carbonyl (C=O) groups excluding carboxylic acids is 1. The van der Waals surface area contributed by atoms with E-state index in [1.807, 2.05) is 0 Å². The van der Waals surface area contributed by atoms with Crippen LogP contribution in [0.4, 0.5) is 9.18 Å². The van der Waals surface area contributed by atoms with Crippen molar-refractivity contribution in [3.05, 3.63) is 36.2 Å². The van der Waals surface area contributed by atoms with E-state index in [4.69, 9.17) is 9.47 Å². The highest BCUT2D eigenvalue weighted by Gasteiger charge is 2.16. The average molecular weight is 349 g/mol. The normalized spacial score (nSPS) is 11.9. The quantitative estimate of drug-likeness (QED) is 0.831. The summed E-state index contributed by atoms with van der Waals surface area (Å²) in [5.74, 6) is 1.09.